The van der Waals surface area contributed by atoms with E-state index in [1.165, 1.54) is 11.3 Å². The Morgan fingerprint density at radius 3 is 2.87 bits per heavy atom. The first-order valence-electron chi connectivity index (χ1n) is 9.82. The highest BCUT2D eigenvalue weighted by molar-refractivity contribution is 7.21. The highest BCUT2D eigenvalue weighted by Gasteiger charge is 2.24. The van der Waals surface area contributed by atoms with Gasteiger partial charge in [0.1, 0.15) is 10.6 Å². The Hall–Kier alpha value is -2.46. The summed E-state index contributed by atoms with van der Waals surface area (Å²) in [6, 6.07) is 10.1. The summed E-state index contributed by atoms with van der Waals surface area (Å²) in [5.41, 5.74) is 2.14. The number of hydrogen-bond acceptors (Lipinski definition) is 7. The molecular weight excluding hydrogens is 420 g/mol. The van der Waals surface area contributed by atoms with Crippen molar-refractivity contribution in [2.75, 3.05) is 40.0 Å². The second-order valence-corrected chi connectivity index (χ2v) is 9.02. The molecular formula is C21H22N4O3S2. The zero-order chi connectivity index (χ0) is 20.5. The number of nitrogens with zero attached hydrogens (tertiary/aromatic N) is 3. The quantitative estimate of drug-likeness (QED) is 0.496. The zero-order valence-electron chi connectivity index (χ0n) is 16.5. The molecule has 3 aromatic heterocycles. The third kappa shape index (κ3) is 3.69. The second-order valence-electron chi connectivity index (χ2n) is 7.12. The van der Waals surface area contributed by atoms with E-state index in [0.717, 1.165) is 39.7 Å². The summed E-state index contributed by atoms with van der Waals surface area (Å²) < 4.78 is 12.8. The minimum Gasteiger partial charge on any atom is -0.497 e. The number of thiophene rings is 1. The number of nitrogens with one attached hydrogen (secondary N) is 1. The van der Waals surface area contributed by atoms with Crippen LogP contribution in [0.2, 0.25) is 0 Å². The second kappa shape index (κ2) is 8.35. The van der Waals surface area contributed by atoms with Crippen molar-refractivity contribution in [3.05, 3.63) is 52.3 Å². The maximum absolute atomic E-state index is 12.9. The van der Waals surface area contributed by atoms with Crippen molar-refractivity contribution in [2.45, 2.75) is 6.04 Å². The predicted molar refractivity (Wildman–Crippen MR) is 119 cm³/mol. The van der Waals surface area contributed by atoms with Crippen LogP contribution in [0.4, 0.5) is 0 Å². The van der Waals surface area contributed by atoms with Crippen LogP contribution in [-0.2, 0) is 4.74 Å². The van der Waals surface area contributed by atoms with Crippen LogP contribution in [0.25, 0.3) is 15.3 Å². The molecule has 5 rings (SSSR count). The molecule has 0 saturated carbocycles. The fraction of sp³-hybridized carbons (Fsp3) is 0.333. The summed E-state index contributed by atoms with van der Waals surface area (Å²) in [7, 11) is 1.66. The lowest BCUT2D eigenvalue weighted by molar-refractivity contribution is 0.0162. The number of fused-ring (bicyclic) bond motifs is 3. The minimum absolute atomic E-state index is 0.0613. The molecule has 4 aromatic rings. The van der Waals surface area contributed by atoms with Crippen molar-refractivity contribution < 1.29 is 14.3 Å². The average Bonchev–Trinajstić information content (AvgIpc) is 3.47. The van der Waals surface area contributed by atoms with Crippen molar-refractivity contribution in [1.29, 1.82) is 0 Å². The lowest BCUT2D eigenvalue weighted by Crippen LogP contribution is -2.43. The van der Waals surface area contributed by atoms with E-state index in [1.807, 2.05) is 34.2 Å². The molecule has 9 heteroatoms. The van der Waals surface area contributed by atoms with Gasteiger partial charge in [-0.25, -0.2) is 4.98 Å². The van der Waals surface area contributed by atoms with E-state index in [1.54, 1.807) is 18.4 Å². The summed E-state index contributed by atoms with van der Waals surface area (Å²) in [6.45, 7) is 3.63. The molecule has 1 saturated heterocycles. The Balaban J connectivity index is 1.34. The van der Waals surface area contributed by atoms with Gasteiger partial charge in [-0.05, 0) is 23.8 Å². The van der Waals surface area contributed by atoms with Crippen molar-refractivity contribution in [3.63, 3.8) is 0 Å². The molecule has 1 aromatic carbocycles. The van der Waals surface area contributed by atoms with E-state index >= 15 is 0 Å². The molecule has 1 amide bonds. The van der Waals surface area contributed by atoms with Crippen LogP contribution in [0.3, 0.4) is 0 Å². The van der Waals surface area contributed by atoms with Gasteiger partial charge < -0.3 is 14.8 Å². The molecule has 30 heavy (non-hydrogen) atoms. The number of aromatic nitrogens is 2. The molecule has 156 valence electrons. The number of methoxy groups -OCH3 is 1. The molecule has 0 aliphatic carbocycles. The molecule has 1 aliphatic rings. The van der Waals surface area contributed by atoms with E-state index in [4.69, 9.17) is 9.47 Å². The first kappa shape index (κ1) is 19.5. The molecule has 4 heterocycles. The van der Waals surface area contributed by atoms with E-state index in [-0.39, 0.29) is 11.9 Å². The van der Waals surface area contributed by atoms with Crippen LogP contribution in [0.5, 0.6) is 5.75 Å². The van der Waals surface area contributed by atoms with Gasteiger partial charge in [-0.1, -0.05) is 12.1 Å². The van der Waals surface area contributed by atoms with E-state index < -0.39 is 0 Å². The summed E-state index contributed by atoms with van der Waals surface area (Å²) in [4.78, 5) is 22.4. The summed E-state index contributed by atoms with van der Waals surface area (Å²) in [5, 5.41) is 5.14. The fourth-order valence-corrected chi connectivity index (χ4v) is 5.53. The Labute approximate surface area is 181 Å². The number of carbonyl (C=O) groups excluding carboxylic acids is 1. The van der Waals surface area contributed by atoms with Crippen molar-refractivity contribution >= 4 is 43.9 Å². The molecule has 1 aliphatic heterocycles. The number of carbonyl (C=O) groups is 1. The summed E-state index contributed by atoms with van der Waals surface area (Å²) in [6.07, 6.45) is 1.99. The maximum atomic E-state index is 12.9. The van der Waals surface area contributed by atoms with Crippen LogP contribution >= 0.6 is 22.7 Å². The molecule has 1 N–H and O–H groups in total. The first-order chi connectivity index (χ1) is 14.7. The fourth-order valence-electron chi connectivity index (χ4n) is 3.81. The maximum Gasteiger partial charge on any atom is 0.261 e. The van der Waals surface area contributed by atoms with E-state index in [2.05, 4.69) is 27.3 Å². The third-order valence-electron chi connectivity index (χ3n) is 5.41. The first-order valence-corrected chi connectivity index (χ1v) is 11.5. The SMILES string of the molecule is COc1ccc(C(CNC(=O)c2cc3c(nc4sccn43)s2)N2CCOCC2)cc1. The molecule has 1 atom stereocenters. The van der Waals surface area contributed by atoms with Crippen LogP contribution < -0.4 is 10.1 Å². The largest absolute Gasteiger partial charge is 0.497 e. The standard InChI is InChI=1S/C21H22N4O3S2/c1-27-15-4-2-14(3-5-15)17(24-6-9-28-10-7-24)13-22-19(26)18-12-16-20(30-18)23-21-25(16)8-11-29-21/h2-5,8,11-12,17H,6-7,9-10,13H2,1H3,(H,22,26). The van der Waals surface area contributed by atoms with E-state index in [9.17, 15) is 4.79 Å². The van der Waals surface area contributed by atoms with Crippen LogP contribution in [-0.4, -0.2) is 60.1 Å². The number of hydrogen-bond donors (Lipinski definition) is 1. The minimum atomic E-state index is -0.0613. The van der Waals surface area contributed by atoms with Gasteiger partial charge >= 0.3 is 0 Å². The Bertz CT molecular complexity index is 1160. The van der Waals surface area contributed by atoms with Gasteiger partial charge in [-0.15, -0.1) is 22.7 Å². The number of ether oxygens (including phenoxy) is 2. The average molecular weight is 443 g/mol. The van der Waals surface area contributed by atoms with Gasteiger partial charge in [0.2, 0.25) is 0 Å². The Kier molecular flexibility index (Phi) is 5.43. The Morgan fingerprint density at radius 2 is 2.10 bits per heavy atom. The van der Waals surface area contributed by atoms with Gasteiger partial charge in [-0.3, -0.25) is 14.1 Å². The molecule has 1 unspecified atom stereocenters. The van der Waals surface area contributed by atoms with Gasteiger partial charge in [0, 0.05) is 31.2 Å². The van der Waals surface area contributed by atoms with Gasteiger partial charge in [0.15, 0.2) is 4.96 Å². The predicted octanol–water partition coefficient (Wildman–Crippen LogP) is 3.42. The third-order valence-corrected chi connectivity index (χ3v) is 7.18. The monoisotopic (exact) mass is 442 g/mol. The Morgan fingerprint density at radius 1 is 1.30 bits per heavy atom. The number of thiazole rings is 1. The van der Waals surface area contributed by atoms with E-state index in [0.29, 0.717) is 24.6 Å². The molecule has 1 fully saturated rings. The molecule has 0 spiro atoms. The summed E-state index contributed by atoms with van der Waals surface area (Å²) >= 11 is 3.03. The van der Waals surface area contributed by atoms with Crippen LogP contribution in [0.1, 0.15) is 21.3 Å². The number of imidazole rings is 1. The van der Waals surface area contributed by atoms with Gasteiger partial charge in [0.05, 0.1) is 36.8 Å². The van der Waals surface area contributed by atoms with Gasteiger partial charge in [0.25, 0.3) is 5.91 Å². The molecule has 7 nitrogen and oxygen atoms in total. The number of rotatable bonds is 6. The molecule has 0 radical (unpaired) electrons. The number of benzene rings is 1. The van der Waals surface area contributed by atoms with Crippen molar-refractivity contribution in [3.8, 4) is 5.75 Å². The lowest BCUT2D eigenvalue weighted by Gasteiger charge is -2.35. The smallest absolute Gasteiger partial charge is 0.261 e. The normalized spacial score (nSPS) is 16.2. The van der Waals surface area contributed by atoms with Crippen LogP contribution in [0, 0.1) is 0 Å². The highest BCUT2D eigenvalue weighted by Crippen LogP contribution is 2.29. The number of morpholine rings is 1. The zero-order valence-corrected chi connectivity index (χ0v) is 18.2. The van der Waals surface area contributed by atoms with Crippen molar-refractivity contribution in [1.82, 2.24) is 19.6 Å². The number of amides is 1. The van der Waals surface area contributed by atoms with Gasteiger partial charge in [-0.2, -0.15) is 0 Å². The van der Waals surface area contributed by atoms with Crippen molar-refractivity contribution in [2.24, 2.45) is 0 Å². The highest BCUT2D eigenvalue weighted by atomic mass is 32.1. The molecule has 0 bridgehead atoms. The topological polar surface area (TPSA) is 68.1 Å². The lowest BCUT2D eigenvalue weighted by atomic mass is 10.0. The van der Waals surface area contributed by atoms with Crippen LogP contribution in [0.15, 0.2) is 41.9 Å². The summed E-state index contributed by atoms with van der Waals surface area (Å²) in [5.74, 6) is 0.763.